The Morgan fingerprint density at radius 3 is 2.71 bits per heavy atom. The molecule has 0 fully saturated rings. The van der Waals surface area contributed by atoms with Crippen molar-refractivity contribution in [3.63, 3.8) is 0 Å². The second-order valence-corrected chi connectivity index (χ2v) is 5.02. The average molecular weight is 282 g/mol. The Labute approximate surface area is 121 Å². The van der Waals surface area contributed by atoms with E-state index in [2.05, 4.69) is 4.98 Å². The lowest BCUT2D eigenvalue weighted by Crippen LogP contribution is -1.98. The van der Waals surface area contributed by atoms with Crippen molar-refractivity contribution in [2.45, 2.75) is 13.8 Å². The third kappa shape index (κ3) is 2.10. The average Bonchev–Trinajstić information content (AvgIpc) is 2.76. The van der Waals surface area contributed by atoms with E-state index in [1.165, 1.54) is 12.1 Å². The minimum Gasteiger partial charge on any atom is -0.383 e. The highest BCUT2D eigenvalue weighted by molar-refractivity contribution is 5.76. The molecule has 3 rings (SSSR count). The number of aromatic nitrogens is 2. The number of non-ortho nitro benzene ring substituents is 1. The first-order chi connectivity index (χ1) is 9.97. The molecule has 6 nitrogen and oxygen atoms in total. The van der Waals surface area contributed by atoms with Crippen LogP contribution in [-0.2, 0) is 0 Å². The van der Waals surface area contributed by atoms with Gasteiger partial charge in [-0.3, -0.25) is 14.5 Å². The highest BCUT2D eigenvalue weighted by Crippen LogP contribution is 2.30. The highest BCUT2D eigenvalue weighted by atomic mass is 16.6. The van der Waals surface area contributed by atoms with Gasteiger partial charge in [-0.2, -0.15) is 0 Å². The van der Waals surface area contributed by atoms with E-state index in [-0.39, 0.29) is 5.69 Å². The third-order valence-corrected chi connectivity index (χ3v) is 3.42. The minimum absolute atomic E-state index is 0.0249. The summed E-state index contributed by atoms with van der Waals surface area (Å²) in [7, 11) is 0. The number of nitrogens with zero attached hydrogens (tertiary/aromatic N) is 3. The number of imidazole rings is 1. The number of nitrogen functional groups attached to an aromatic ring is 1. The maximum atomic E-state index is 10.9. The molecule has 0 unspecified atom stereocenters. The molecule has 21 heavy (non-hydrogen) atoms. The summed E-state index contributed by atoms with van der Waals surface area (Å²) < 4.78 is 1.85. The van der Waals surface area contributed by atoms with Crippen LogP contribution in [0.15, 0.2) is 36.4 Å². The second kappa shape index (κ2) is 4.59. The summed E-state index contributed by atoms with van der Waals surface area (Å²) in [5.41, 5.74) is 10.2. The topological polar surface area (TPSA) is 86.5 Å². The molecule has 3 aromatic rings. The van der Waals surface area contributed by atoms with Gasteiger partial charge in [0.1, 0.15) is 17.2 Å². The van der Waals surface area contributed by atoms with Crippen LogP contribution < -0.4 is 5.73 Å². The van der Waals surface area contributed by atoms with Gasteiger partial charge in [0, 0.05) is 23.4 Å². The monoisotopic (exact) mass is 282 g/mol. The number of nitro benzene ring substituents is 1. The molecule has 106 valence electrons. The van der Waals surface area contributed by atoms with Crippen LogP contribution in [0.1, 0.15) is 11.3 Å². The summed E-state index contributed by atoms with van der Waals surface area (Å²) in [5.74, 6) is 0.489. The lowest BCUT2D eigenvalue weighted by molar-refractivity contribution is -0.384. The van der Waals surface area contributed by atoms with E-state index in [1.54, 1.807) is 12.1 Å². The molecular formula is C15H14N4O2. The number of nitro groups is 1. The fraction of sp³-hybridized carbons (Fsp3) is 0.133. The molecule has 0 aliphatic heterocycles. The fourth-order valence-electron chi connectivity index (χ4n) is 2.54. The van der Waals surface area contributed by atoms with Crippen LogP contribution in [0.4, 0.5) is 11.5 Å². The Hall–Kier alpha value is -2.89. The number of fused-ring (bicyclic) bond motifs is 1. The number of anilines is 1. The highest BCUT2D eigenvalue weighted by Gasteiger charge is 2.15. The number of rotatable bonds is 2. The van der Waals surface area contributed by atoms with Gasteiger partial charge in [-0.25, -0.2) is 4.98 Å². The molecule has 0 aliphatic rings. The number of aryl methyl sites for hydroxylation is 2. The van der Waals surface area contributed by atoms with E-state index in [4.69, 9.17) is 5.73 Å². The Balaban J connectivity index is 2.26. The van der Waals surface area contributed by atoms with Crippen molar-refractivity contribution in [3.8, 4) is 11.3 Å². The van der Waals surface area contributed by atoms with Crippen molar-refractivity contribution in [2.75, 3.05) is 5.73 Å². The first-order valence-electron chi connectivity index (χ1n) is 6.47. The first-order valence-corrected chi connectivity index (χ1v) is 6.47. The lowest BCUT2D eigenvalue weighted by atomic mass is 10.1. The molecule has 6 heteroatoms. The summed E-state index contributed by atoms with van der Waals surface area (Å²) >= 11 is 0. The molecule has 0 atom stereocenters. The Morgan fingerprint density at radius 2 is 2.00 bits per heavy atom. The van der Waals surface area contributed by atoms with Gasteiger partial charge >= 0.3 is 0 Å². The van der Waals surface area contributed by atoms with Crippen LogP contribution in [0.3, 0.4) is 0 Å². The Bertz CT molecular complexity index is 867. The van der Waals surface area contributed by atoms with Gasteiger partial charge in [-0.15, -0.1) is 0 Å². The third-order valence-electron chi connectivity index (χ3n) is 3.42. The Morgan fingerprint density at radius 1 is 1.24 bits per heavy atom. The van der Waals surface area contributed by atoms with Crippen molar-refractivity contribution in [1.82, 2.24) is 9.38 Å². The molecule has 0 amide bonds. The SMILES string of the molecule is Cc1cc(C)n2c(N)c(-c3cccc([N+](=O)[O-])c3)nc2c1. The molecule has 0 bridgehead atoms. The van der Waals surface area contributed by atoms with Crippen LogP contribution >= 0.6 is 0 Å². The van der Waals surface area contributed by atoms with E-state index in [0.29, 0.717) is 17.1 Å². The van der Waals surface area contributed by atoms with Gasteiger partial charge < -0.3 is 5.73 Å². The van der Waals surface area contributed by atoms with Gasteiger partial charge in [-0.1, -0.05) is 12.1 Å². The van der Waals surface area contributed by atoms with E-state index in [9.17, 15) is 10.1 Å². The summed E-state index contributed by atoms with van der Waals surface area (Å²) in [6.45, 7) is 3.94. The van der Waals surface area contributed by atoms with Gasteiger partial charge in [0.25, 0.3) is 5.69 Å². The minimum atomic E-state index is -0.426. The van der Waals surface area contributed by atoms with E-state index < -0.39 is 4.92 Å². The first kappa shape index (κ1) is 13.1. The predicted octanol–water partition coefficient (Wildman–Crippen LogP) is 3.11. The van der Waals surface area contributed by atoms with E-state index in [0.717, 1.165) is 16.9 Å². The standard InChI is InChI=1S/C15H14N4O2/c1-9-6-10(2)18-13(7-9)17-14(15(18)16)11-4-3-5-12(8-11)19(20)21/h3-8H,16H2,1-2H3. The van der Waals surface area contributed by atoms with Gasteiger partial charge in [0.2, 0.25) is 0 Å². The van der Waals surface area contributed by atoms with E-state index in [1.807, 2.05) is 30.4 Å². The summed E-state index contributed by atoms with van der Waals surface area (Å²) in [6.07, 6.45) is 0. The summed E-state index contributed by atoms with van der Waals surface area (Å²) in [5, 5.41) is 10.9. The summed E-state index contributed by atoms with van der Waals surface area (Å²) in [4.78, 5) is 15.0. The maximum Gasteiger partial charge on any atom is 0.270 e. The molecule has 0 saturated heterocycles. The van der Waals surface area contributed by atoms with Crippen LogP contribution in [-0.4, -0.2) is 14.3 Å². The largest absolute Gasteiger partial charge is 0.383 e. The number of benzene rings is 1. The van der Waals surface area contributed by atoms with Crippen molar-refractivity contribution >= 4 is 17.2 Å². The molecular weight excluding hydrogens is 268 g/mol. The molecule has 1 aromatic carbocycles. The number of hydrogen-bond donors (Lipinski definition) is 1. The summed E-state index contributed by atoms with van der Waals surface area (Å²) in [6, 6.07) is 10.3. The molecule has 0 spiro atoms. The normalized spacial score (nSPS) is 11.0. The van der Waals surface area contributed by atoms with Crippen LogP contribution in [0.2, 0.25) is 0 Å². The zero-order chi connectivity index (χ0) is 15.1. The van der Waals surface area contributed by atoms with Crippen molar-refractivity contribution < 1.29 is 4.92 Å². The quantitative estimate of drug-likeness (QED) is 0.578. The number of hydrogen-bond acceptors (Lipinski definition) is 4. The molecule has 0 saturated carbocycles. The second-order valence-electron chi connectivity index (χ2n) is 5.02. The molecule has 0 radical (unpaired) electrons. The molecule has 2 aromatic heterocycles. The Kier molecular flexibility index (Phi) is 2.86. The van der Waals surface area contributed by atoms with Crippen molar-refractivity contribution in [2.24, 2.45) is 0 Å². The number of nitrogens with two attached hydrogens (primary N) is 1. The van der Waals surface area contributed by atoms with Crippen LogP contribution in [0.5, 0.6) is 0 Å². The van der Waals surface area contributed by atoms with Gasteiger partial charge in [0.05, 0.1) is 4.92 Å². The van der Waals surface area contributed by atoms with Crippen molar-refractivity contribution in [3.05, 3.63) is 57.8 Å². The predicted molar refractivity (Wildman–Crippen MR) is 81.2 cm³/mol. The van der Waals surface area contributed by atoms with Gasteiger partial charge in [-0.05, 0) is 31.5 Å². The fourth-order valence-corrected chi connectivity index (χ4v) is 2.54. The van der Waals surface area contributed by atoms with Crippen LogP contribution in [0.25, 0.3) is 16.9 Å². The molecule has 2 N–H and O–H groups in total. The van der Waals surface area contributed by atoms with Crippen molar-refractivity contribution in [1.29, 1.82) is 0 Å². The molecule has 0 aliphatic carbocycles. The van der Waals surface area contributed by atoms with E-state index >= 15 is 0 Å². The maximum absolute atomic E-state index is 10.9. The molecule has 2 heterocycles. The zero-order valence-electron chi connectivity index (χ0n) is 11.7. The van der Waals surface area contributed by atoms with Crippen LogP contribution in [0, 0.1) is 24.0 Å². The smallest absolute Gasteiger partial charge is 0.270 e. The zero-order valence-corrected chi connectivity index (χ0v) is 11.7. The van der Waals surface area contributed by atoms with Gasteiger partial charge in [0.15, 0.2) is 0 Å². The number of pyridine rings is 1. The lowest BCUT2D eigenvalue weighted by Gasteiger charge is -2.03.